The predicted molar refractivity (Wildman–Crippen MR) is 193 cm³/mol. The van der Waals surface area contributed by atoms with Crippen LogP contribution in [0, 0.1) is 7.14 Å². The Morgan fingerprint density at radius 1 is 1.07 bits per heavy atom. The Labute approximate surface area is 288 Å². The molecule has 3 aromatic carbocycles. The molecule has 0 saturated heterocycles. The maximum Gasteiger partial charge on any atom is 0.338 e. The van der Waals surface area contributed by atoms with Gasteiger partial charge in [0.05, 0.1) is 32.0 Å². The number of carbonyl (C=O) groups excluding carboxylic acids is 1. The molecule has 0 amide bonds. The minimum Gasteiger partial charge on any atom is -0.487 e. The fourth-order valence-electron chi connectivity index (χ4n) is 5.21. The average Bonchev–Trinajstić information content (AvgIpc) is 3.30. The molecule has 228 valence electrons. The van der Waals surface area contributed by atoms with E-state index in [1.807, 2.05) is 54.6 Å². The van der Waals surface area contributed by atoms with Crippen LogP contribution < -0.4 is 19.6 Å². The second-order valence-corrected chi connectivity index (χ2v) is 14.2. The highest BCUT2D eigenvalue weighted by molar-refractivity contribution is 14.1. The summed E-state index contributed by atoms with van der Waals surface area (Å²) in [5.41, 5.74) is 4.82. The van der Waals surface area contributed by atoms with Crippen molar-refractivity contribution in [1.29, 1.82) is 0 Å². The molecule has 0 bridgehead atoms. The van der Waals surface area contributed by atoms with E-state index in [1.165, 1.54) is 16.9 Å². The maximum absolute atomic E-state index is 14.3. The first-order valence-electron chi connectivity index (χ1n) is 14.7. The van der Waals surface area contributed by atoms with Crippen molar-refractivity contribution in [2.24, 2.45) is 4.99 Å². The zero-order chi connectivity index (χ0) is 31.4. The number of carbonyl (C=O) groups is 1. The van der Waals surface area contributed by atoms with E-state index in [1.54, 1.807) is 11.5 Å². The van der Waals surface area contributed by atoms with E-state index in [0.717, 1.165) is 36.0 Å². The van der Waals surface area contributed by atoms with Crippen LogP contribution in [0.5, 0.6) is 5.75 Å². The molecule has 44 heavy (non-hydrogen) atoms. The van der Waals surface area contributed by atoms with Gasteiger partial charge in [0.15, 0.2) is 4.80 Å². The van der Waals surface area contributed by atoms with Crippen molar-refractivity contribution in [2.45, 2.75) is 59.1 Å². The third-order valence-electron chi connectivity index (χ3n) is 7.36. The molecule has 2 heterocycles. The highest BCUT2D eigenvalue weighted by Gasteiger charge is 2.34. The zero-order valence-corrected chi connectivity index (χ0v) is 30.2. The van der Waals surface area contributed by atoms with Crippen molar-refractivity contribution >= 4 is 68.6 Å². The molecule has 6 nitrogen and oxygen atoms in total. The van der Waals surface area contributed by atoms with Crippen LogP contribution in [0.3, 0.4) is 0 Å². The Kier molecular flexibility index (Phi) is 10.8. The lowest BCUT2D eigenvalue weighted by atomic mass is 9.92. The Morgan fingerprint density at radius 3 is 2.45 bits per heavy atom. The molecule has 0 aliphatic carbocycles. The topological polar surface area (TPSA) is 69.9 Å². The lowest BCUT2D eigenvalue weighted by Crippen LogP contribution is -2.40. The van der Waals surface area contributed by atoms with Crippen LogP contribution in [0.15, 0.2) is 87.8 Å². The highest BCUT2D eigenvalue weighted by Crippen LogP contribution is 2.34. The first-order chi connectivity index (χ1) is 21.2. The second kappa shape index (κ2) is 14.6. The molecule has 1 atom stereocenters. The number of halogens is 2. The summed E-state index contributed by atoms with van der Waals surface area (Å²) in [5, 5.41) is 0. The van der Waals surface area contributed by atoms with Gasteiger partial charge in [0.1, 0.15) is 12.4 Å². The van der Waals surface area contributed by atoms with Gasteiger partial charge >= 0.3 is 5.97 Å². The standard InChI is InChI=1S/C35H34I2N2O4S/c1-5-10-28-30(34(41)42-6-2)31(24-15-13-23(14-16-24)21(3)4)39-33(40)29(44-35(39)38-28)18-25-17-26(36)19-27(37)32(25)43-20-22-11-8-7-9-12-22/h7-9,11-19,21,31H,5-6,10,20H2,1-4H3/b29-18-/t31-/m1/s1. The van der Waals surface area contributed by atoms with E-state index in [4.69, 9.17) is 14.5 Å². The van der Waals surface area contributed by atoms with E-state index in [9.17, 15) is 9.59 Å². The van der Waals surface area contributed by atoms with Crippen molar-refractivity contribution in [3.05, 3.63) is 127 Å². The Hall–Kier alpha value is -2.77. The largest absolute Gasteiger partial charge is 0.487 e. The van der Waals surface area contributed by atoms with Gasteiger partial charge in [0.25, 0.3) is 5.56 Å². The number of rotatable bonds is 10. The molecule has 1 aliphatic heterocycles. The number of ether oxygens (including phenoxy) is 2. The summed E-state index contributed by atoms with van der Waals surface area (Å²) in [7, 11) is 0. The predicted octanol–water partition coefficient (Wildman–Crippen LogP) is 7.49. The van der Waals surface area contributed by atoms with Gasteiger partial charge in [-0.15, -0.1) is 0 Å². The Bertz CT molecular complexity index is 1880. The van der Waals surface area contributed by atoms with Gasteiger partial charge in [-0.1, -0.05) is 93.1 Å². The SMILES string of the molecule is CCCC1=C(C(=O)OCC)[C@@H](c2ccc(C(C)C)cc2)n2c(s/c(=C\c3cc(I)cc(I)c3OCc3ccccc3)c2=O)=N1. The fourth-order valence-corrected chi connectivity index (χ4v) is 8.27. The van der Waals surface area contributed by atoms with Gasteiger partial charge < -0.3 is 9.47 Å². The lowest BCUT2D eigenvalue weighted by molar-refractivity contribution is -0.139. The van der Waals surface area contributed by atoms with Crippen molar-refractivity contribution in [3.8, 4) is 5.75 Å². The van der Waals surface area contributed by atoms with Crippen molar-refractivity contribution < 1.29 is 14.3 Å². The summed E-state index contributed by atoms with van der Waals surface area (Å²) in [6, 6.07) is 21.6. The van der Waals surface area contributed by atoms with Crippen LogP contribution in [0.2, 0.25) is 0 Å². The van der Waals surface area contributed by atoms with E-state index in [0.29, 0.717) is 39.5 Å². The van der Waals surface area contributed by atoms with Gasteiger partial charge in [-0.25, -0.2) is 9.79 Å². The van der Waals surface area contributed by atoms with Gasteiger partial charge in [-0.2, -0.15) is 0 Å². The van der Waals surface area contributed by atoms with E-state index < -0.39 is 12.0 Å². The van der Waals surface area contributed by atoms with Crippen molar-refractivity contribution in [1.82, 2.24) is 4.57 Å². The Morgan fingerprint density at radius 2 is 1.80 bits per heavy atom. The van der Waals surface area contributed by atoms with Crippen LogP contribution in [-0.2, 0) is 16.1 Å². The molecular weight excluding hydrogens is 798 g/mol. The second-order valence-electron chi connectivity index (χ2n) is 10.8. The molecule has 0 unspecified atom stereocenters. The number of hydrogen-bond donors (Lipinski definition) is 0. The van der Waals surface area contributed by atoms with Crippen molar-refractivity contribution in [2.75, 3.05) is 6.61 Å². The van der Waals surface area contributed by atoms with Crippen LogP contribution in [0.25, 0.3) is 6.08 Å². The summed E-state index contributed by atoms with van der Waals surface area (Å²) in [6.07, 6.45) is 3.30. The molecule has 1 aliphatic rings. The van der Waals surface area contributed by atoms with Crippen LogP contribution in [-0.4, -0.2) is 17.1 Å². The minimum atomic E-state index is -0.639. The van der Waals surface area contributed by atoms with E-state index in [-0.39, 0.29) is 12.2 Å². The number of allylic oxidation sites excluding steroid dienone is 1. The molecule has 5 rings (SSSR count). The monoisotopic (exact) mass is 832 g/mol. The summed E-state index contributed by atoms with van der Waals surface area (Å²) < 4.78 is 16.1. The third-order valence-corrected chi connectivity index (χ3v) is 9.77. The number of aromatic nitrogens is 1. The van der Waals surface area contributed by atoms with E-state index in [2.05, 4.69) is 84.2 Å². The number of benzene rings is 3. The molecule has 0 radical (unpaired) electrons. The van der Waals surface area contributed by atoms with E-state index >= 15 is 0 Å². The molecule has 9 heteroatoms. The number of esters is 1. The number of nitrogens with zero attached hydrogens (tertiary/aromatic N) is 2. The number of thiazole rings is 1. The lowest BCUT2D eigenvalue weighted by Gasteiger charge is -2.26. The molecular formula is C35H34I2N2O4S. The van der Waals surface area contributed by atoms with Gasteiger partial charge in [-0.3, -0.25) is 9.36 Å². The molecule has 0 N–H and O–H groups in total. The maximum atomic E-state index is 14.3. The minimum absolute atomic E-state index is 0.202. The summed E-state index contributed by atoms with van der Waals surface area (Å²) in [6.45, 7) is 8.79. The van der Waals surface area contributed by atoms with Gasteiger partial charge in [0, 0.05) is 9.13 Å². The fraction of sp³-hybridized carbons (Fsp3) is 0.286. The molecule has 0 spiro atoms. The smallest absolute Gasteiger partial charge is 0.338 e. The molecule has 0 saturated carbocycles. The summed E-state index contributed by atoms with van der Waals surface area (Å²) in [5.74, 6) is 0.646. The van der Waals surface area contributed by atoms with Gasteiger partial charge in [-0.05, 0) is 99.3 Å². The zero-order valence-electron chi connectivity index (χ0n) is 25.1. The number of hydrogen-bond acceptors (Lipinski definition) is 6. The van der Waals surface area contributed by atoms with Gasteiger partial charge in [0.2, 0.25) is 0 Å². The highest BCUT2D eigenvalue weighted by atomic mass is 127. The average molecular weight is 833 g/mol. The molecule has 0 fully saturated rings. The third kappa shape index (κ3) is 7.04. The first kappa shape index (κ1) is 32.6. The van der Waals surface area contributed by atoms with Crippen LogP contribution >= 0.6 is 56.5 Å². The molecule has 4 aromatic rings. The summed E-state index contributed by atoms with van der Waals surface area (Å²) in [4.78, 5) is 33.3. The first-order valence-corrected chi connectivity index (χ1v) is 17.7. The van der Waals surface area contributed by atoms with Crippen LogP contribution in [0.4, 0.5) is 0 Å². The normalized spacial score (nSPS) is 14.9. The van der Waals surface area contributed by atoms with Crippen molar-refractivity contribution in [3.63, 3.8) is 0 Å². The number of fused-ring (bicyclic) bond motifs is 1. The summed E-state index contributed by atoms with van der Waals surface area (Å²) >= 11 is 5.91. The quantitative estimate of drug-likeness (QED) is 0.123. The molecule has 1 aromatic heterocycles. The Balaban J connectivity index is 1.69. The van der Waals surface area contributed by atoms with Crippen LogP contribution in [0.1, 0.15) is 74.8 Å².